The summed E-state index contributed by atoms with van der Waals surface area (Å²) in [7, 11) is -1.81. The van der Waals surface area contributed by atoms with E-state index in [2.05, 4.69) is 4.98 Å². The number of hydrogen-bond donors (Lipinski definition) is 1. The molecule has 164 valence electrons. The van der Waals surface area contributed by atoms with Gasteiger partial charge in [0, 0.05) is 11.8 Å². The SMILES string of the molecule is FCF.Nc1ccn(C2CC(F)(F)C(COP3OCc4ccccc4O3)O2)c(=O)n1. The Balaban J connectivity index is 0.000000806. The lowest BCUT2D eigenvalue weighted by Crippen LogP contribution is -2.32. The quantitative estimate of drug-likeness (QED) is 0.562. The van der Waals surface area contributed by atoms with Crippen molar-refractivity contribution in [3.8, 4) is 5.75 Å². The third-order valence-electron chi connectivity index (χ3n) is 4.20. The van der Waals surface area contributed by atoms with Gasteiger partial charge in [0.25, 0.3) is 5.92 Å². The molecule has 1 aromatic carbocycles. The van der Waals surface area contributed by atoms with Gasteiger partial charge in [-0.2, -0.15) is 4.98 Å². The Hall–Kier alpha value is -2.27. The number of nitrogen functional groups attached to an aromatic ring is 1. The van der Waals surface area contributed by atoms with Gasteiger partial charge in [0.15, 0.2) is 0 Å². The fourth-order valence-corrected chi connectivity index (χ4v) is 3.83. The smallest absolute Gasteiger partial charge is 0.397 e. The molecule has 1 fully saturated rings. The highest BCUT2D eigenvalue weighted by molar-refractivity contribution is 7.42. The van der Waals surface area contributed by atoms with Crippen LogP contribution in [0, 0.1) is 0 Å². The number of halogens is 4. The summed E-state index contributed by atoms with van der Waals surface area (Å²) in [6.07, 6.45) is -2.09. The monoisotopic (exact) mass is 451 g/mol. The summed E-state index contributed by atoms with van der Waals surface area (Å²) in [5, 5.41) is 0. The first kappa shape index (κ1) is 22.4. The molecule has 2 N–H and O–H groups in total. The molecule has 13 heteroatoms. The van der Waals surface area contributed by atoms with Crippen molar-refractivity contribution in [3.63, 3.8) is 0 Å². The predicted molar refractivity (Wildman–Crippen MR) is 98.2 cm³/mol. The lowest BCUT2D eigenvalue weighted by molar-refractivity contribution is -0.0994. The number of nitrogens with zero attached hydrogens (tertiary/aromatic N) is 2. The van der Waals surface area contributed by atoms with E-state index in [-0.39, 0.29) is 12.4 Å². The first-order valence-corrected chi connectivity index (χ1v) is 9.75. The summed E-state index contributed by atoms with van der Waals surface area (Å²) in [4.78, 5) is 15.4. The maximum Gasteiger partial charge on any atom is 0.397 e. The number of ether oxygens (including phenoxy) is 1. The summed E-state index contributed by atoms with van der Waals surface area (Å²) >= 11 is 0. The maximum atomic E-state index is 14.3. The van der Waals surface area contributed by atoms with Crippen LogP contribution >= 0.6 is 8.60 Å². The third-order valence-corrected chi connectivity index (χ3v) is 5.25. The number of anilines is 1. The second-order valence-corrected chi connectivity index (χ2v) is 7.33. The normalized spacial score (nSPS) is 24.3. The number of hydrogen-bond acceptors (Lipinski definition) is 7. The van der Waals surface area contributed by atoms with E-state index in [1.54, 1.807) is 12.1 Å². The van der Waals surface area contributed by atoms with Crippen LogP contribution in [0.1, 0.15) is 18.2 Å². The molecule has 2 aliphatic rings. The van der Waals surface area contributed by atoms with Gasteiger partial charge in [0.05, 0.1) is 19.6 Å². The van der Waals surface area contributed by atoms with Crippen LogP contribution in [0.4, 0.5) is 23.4 Å². The highest BCUT2D eigenvalue weighted by Crippen LogP contribution is 2.48. The molecule has 0 radical (unpaired) electrons. The predicted octanol–water partition coefficient (Wildman–Crippen LogP) is 3.48. The zero-order chi connectivity index (χ0) is 21.7. The Bertz CT molecular complexity index is 919. The van der Waals surface area contributed by atoms with Crippen molar-refractivity contribution in [1.82, 2.24) is 9.55 Å². The van der Waals surface area contributed by atoms with E-state index in [1.165, 1.54) is 12.3 Å². The second kappa shape index (κ2) is 9.69. The van der Waals surface area contributed by atoms with E-state index in [4.69, 9.17) is 24.0 Å². The lowest BCUT2D eigenvalue weighted by atomic mass is 10.2. The van der Waals surface area contributed by atoms with Crippen LogP contribution < -0.4 is 15.9 Å². The molecule has 2 aromatic rings. The minimum Gasteiger partial charge on any atom is -0.426 e. The first-order chi connectivity index (χ1) is 14.3. The molecule has 0 aliphatic carbocycles. The van der Waals surface area contributed by atoms with Gasteiger partial charge in [0.1, 0.15) is 23.9 Å². The molecular formula is C17H18F4N3O5P. The average Bonchev–Trinajstić information content (AvgIpc) is 3.01. The number of nitrogens with two attached hydrogens (primary N) is 1. The highest BCUT2D eigenvalue weighted by atomic mass is 31.2. The van der Waals surface area contributed by atoms with Gasteiger partial charge in [-0.25, -0.2) is 22.4 Å². The lowest BCUT2D eigenvalue weighted by Gasteiger charge is -2.25. The van der Waals surface area contributed by atoms with Crippen molar-refractivity contribution in [2.24, 2.45) is 0 Å². The summed E-state index contributed by atoms with van der Waals surface area (Å²) in [5.74, 6) is -2.57. The van der Waals surface area contributed by atoms with Crippen LogP contribution in [0.3, 0.4) is 0 Å². The summed E-state index contributed by atoms with van der Waals surface area (Å²) in [6, 6.07) is 8.60. The molecule has 0 amide bonds. The van der Waals surface area contributed by atoms with E-state index < -0.39 is 52.5 Å². The molecule has 0 bridgehead atoms. The molecule has 4 rings (SSSR count). The van der Waals surface area contributed by atoms with Crippen molar-refractivity contribution in [2.75, 3.05) is 19.3 Å². The maximum absolute atomic E-state index is 14.3. The van der Waals surface area contributed by atoms with Crippen LogP contribution in [0.15, 0.2) is 41.3 Å². The van der Waals surface area contributed by atoms with E-state index in [0.717, 1.165) is 10.1 Å². The van der Waals surface area contributed by atoms with Gasteiger partial charge in [-0.1, -0.05) is 18.2 Å². The number of benzene rings is 1. The highest BCUT2D eigenvalue weighted by Gasteiger charge is 2.51. The van der Waals surface area contributed by atoms with Crippen LogP contribution in [0.2, 0.25) is 0 Å². The van der Waals surface area contributed by atoms with Gasteiger partial charge in [-0.15, -0.1) is 0 Å². The third kappa shape index (κ3) is 5.25. The van der Waals surface area contributed by atoms with Gasteiger partial charge >= 0.3 is 14.3 Å². The average molecular weight is 451 g/mol. The number of alkyl halides is 4. The van der Waals surface area contributed by atoms with Crippen LogP contribution in [-0.4, -0.2) is 35.1 Å². The van der Waals surface area contributed by atoms with E-state index in [1.807, 2.05) is 12.1 Å². The summed E-state index contributed by atoms with van der Waals surface area (Å²) in [5.41, 5.74) is 5.52. The molecule has 8 nitrogen and oxygen atoms in total. The molecule has 30 heavy (non-hydrogen) atoms. The van der Waals surface area contributed by atoms with E-state index in [9.17, 15) is 22.4 Å². The van der Waals surface area contributed by atoms with Crippen LogP contribution in [-0.2, 0) is 20.4 Å². The van der Waals surface area contributed by atoms with Crippen LogP contribution in [0.25, 0.3) is 0 Å². The number of aromatic nitrogens is 2. The van der Waals surface area contributed by atoms with Crippen molar-refractivity contribution in [3.05, 3.63) is 52.6 Å². The molecule has 1 saturated heterocycles. The Morgan fingerprint density at radius 3 is 2.77 bits per heavy atom. The van der Waals surface area contributed by atoms with E-state index >= 15 is 0 Å². The van der Waals surface area contributed by atoms with Gasteiger partial charge in [-0.05, 0) is 12.1 Å². The topological polar surface area (TPSA) is 97.8 Å². The van der Waals surface area contributed by atoms with Crippen molar-refractivity contribution in [1.29, 1.82) is 0 Å². The van der Waals surface area contributed by atoms with Gasteiger partial charge < -0.3 is 15.0 Å². The fraction of sp³-hybridized carbons (Fsp3) is 0.412. The number of rotatable bonds is 4. The Morgan fingerprint density at radius 1 is 1.30 bits per heavy atom. The molecule has 1 aromatic heterocycles. The van der Waals surface area contributed by atoms with Gasteiger partial charge in [0.2, 0.25) is 6.93 Å². The summed E-state index contributed by atoms with van der Waals surface area (Å²) < 4.78 is 70.6. The molecule has 0 spiro atoms. The minimum atomic E-state index is -3.19. The van der Waals surface area contributed by atoms with Gasteiger partial charge in [-0.3, -0.25) is 13.6 Å². The zero-order valence-electron chi connectivity index (χ0n) is 15.4. The van der Waals surface area contributed by atoms with E-state index in [0.29, 0.717) is 5.75 Å². The summed E-state index contributed by atoms with van der Waals surface area (Å²) in [6.45, 7) is -1.91. The second-order valence-electron chi connectivity index (χ2n) is 6.18. The zero-order valence-corrected chi connectivity index (χ0v) is 16.3. The molecule has 0 saturated carbocycles. The molecule has 3 heterocycles. The molecule has 3 atom stereocenters. The minimum absolute atomic E-state index is 0.00978. The molecule has 2 aliphatic heterocycles. The Kier molecular flexibility index (Phi) is 7.24. The molecular weight excluding hydrogens is 433 g/mol. The fourth-order valence-electron chi connectivity index (χ4n) is 2.80. The Morgan fingerprint density at radius 2 is 2.03 bits per heavy atom. The largest absolute Gasteiger partial charge is 0.426 e. The number of para-hydroxylation sites is 1. The standard InChI is InChI=1S/C16H16F2N3O5P.CH2F2/c17-16(18)7-14(21-6-5-13(19)20-15(21)22)25-12(16)9-24-27-23-8-10-3-1-2-4-11(10)26-27;2-1-3/h1-6,12,14H,7-9H2,(H2,19,20,22);1H2. The number of fused-ring (bicyclic) bond motifs is 1. The van der Waals surface area contributed by atoms with Crippen molar-refractivity contribution >= 4 is 14.4 Å². The van der Waals surface area contributed by atoms with Crippen LogP contribution in [0.5, 0.6) is 5.75 Å². The molecule has 3 unspecified atom stereocenters. The first-order valence-electron chi connectivity index (χ1n) is 8.65. The van der Waals surface area contributed by atoms with Crippen molar-refractivity contribution in [2.45, 2.75) is 31.3 Å². The Labute approximate surface area is 169 Å². The van der Waals surface area contributed by atoms with Crippen molar-refractivity contribution < 1.29 is 35.9 Å².